The van der Waals surface area contributed by atoms with Crippen LogP contribution in [-0.2, 0) is 4.79 Å². The first-order valence-electron chi connectivity index (χ1n) is 4.34. The molecule has 0 heterocycles. The molecule has 0 aromatic rings. The van der Waals surface area contributed by atoms with E-state index < -0.39 is 8.07 Å². The Kier molecular flexibility index (Phi) is 5.87. The fourth-order valence-electron chi connectivity index (χ4n) is 0.828. The zero-order valence-corrected chi connectivity index (χ0v) is 10.1. The van der Waals surface area contributed by atoms with Crippen LogP contribution in [0.15, 0.2) is 0 Å². The van der Waals surface area contributed by atoms with Gasteiger partial charge in [-0.3, -0.25) is 4.79 Å². The van der Waals surface area contributed by atoms with Gasteiger partial charge in [0.2, 0.25) is 0 Å². The van der Waals surface area contributed by atoms with Crippen LogP contribution >= 0.6 is 12.6 Å². The minimum absolute atomic E-state index is 0.00944. The molecule has 0 bridgehead atoms. The first-order valence-corrected chi connectivity index (χ1v) is 8.50. The summed E-state index contributed by atoms with van der Waals surface area (Å²) in [5.41, 5.74) is 0. The van der Waals surface area contributed by atoms with Crippen LogP contribution in [0.25, 0.3) is 0 Å². The SMILES string of the molecule is C[Si](C)(C)CNCCCC(=O)S. The number of carbonyl (C=O) groups is 1. The minimum atomic E-state index is -0.950. The highest BCUT2D eigenvalue weighted by Crippen LogP contribution is 1.97. The van der Waals surface area contributed by atoms with E-state index in [0.717, 1.165) is 19.1 Å². The summed E-state index contributed by atoms with van der Waals surface area (Å²) in [6.45, 7) is 7.91. The molecule has 0 aliphatic rings. The van der Waals surface area contributed by atoms with Crippen LogP contribution in [0.4, 0.5) is 0 Å². The summed E-state index contributed by atoms with van der Waals surface area (Å²) in [6, 6.07) is 0. The molecule has 0 saturated carbocycles. The number of nitrogens with one attached hydrogen (secondary N) is 1. The molecule has 0 radical (unpaired) electrons. The maximum atomic E-state index is 10.4. The second kappa shape index (κ2) is 5.78. The van der Waals surface area contributed by atoms with Gasteiger partial charge in [-0.05, 0) is 19.1 Å². The van der Waals surface area contributed by atoms with Crippen molar-refractivity contribution in [3.05, 3.63) is 0 Å². The van der Waals surface area contributed by atoms with Crippen molar-refractivity contribution in [2.45, 2.75) is 32.5 Å². The Morgan fingerprint density at radius 2 is 2.00 bits per heavy atom. The molecule has 0 aromatic heterocycles. The van der Waals surface area contributed by atoms with Gasteiger partial charge in [0, 0.05) is 6.42 Å². The molecular weight excluding hydrogens is 186 g/mol. The summed E-state index contributed by atoms with van der Waals surface area (Å²) in [6.07, 6.45) is 2.63. The smallest absolute Gasteiger partial charge is 0.185 e. The number of carbonyl (C=O) groups excluding carboxylic acids is 1. The highest BCUT2D eigenvalue weighted by atomic mass is 32.1. The van der Waals surface area contributed by atoms with Crippen molar-refractivity contribution in [3.8, 4) is 0 Å². The van der Waals surface area contributed by atoms with E-state index in [1.165, 1.54) is 0 Å². The fourth-order valence-corrected chi connectivity index (χ4v) is 1.91. The molecule has 0 aliphatic heterocycles. The maximum Gasteiger partial charge on any atom is 0.185 e. The van der Waals surface area contributed by atoms with Gasteiger partial charge >= 0.3 is 0 Å². The second-order valence-corrected chi connectivity index (χ2v) is 10.2. The average molecular weight is 205 g/mol. The van der Waals surface area contributed by atoms with E-state index in [0.29, 0.717) is 6.42 Å². The van der Waals surface area contributed by atoms with Crippen LogP contribution in [0.2, 0.25) is 19.6 Å². The van der Waals surface area contributed by atoms with E-state index >= 15 is 0 Å². The van der Waals surface area contributed by atoms with E-state index in [9.17, 15) is 4.79 Å². The fraction of sp³-hybridized carbons (Fsp3) is 0.875. The number of rotatable bonds is 6. The molecule has 2 nitrogen and oxygen atoms in total. The molecule has 0 spiro atoms. The van der Waals surface area contributed by atoms with Crippen LogP contribution in [0.5, 0.6) is 0 Å². The predicted octanol–water partition coefficient (Wildman–Crippen LogP) is 1.69. The van der Waals surface area contributed by atoms with Crippen molar-refractivity contribution >= 4 is 25.8 Å². The van der Waals surface area contributed by atoms with Gasteiger partial charge in [-0.15, -0.1) is 12.6 Å². The topological polar surface area (TPSA) is 29.1 Å². The summed E-state index contributed by atoms with van der Waals surface area (Å²) in [4.78, 5) is 10.4. The lowest BCUT2D eigenvalue weighted by molar-refractivity contribution is -0.110. The molecule has 0 fully saturated rings. The summed E-state index contributed by atoms with van der Waals surface area (Å²) in [5.74, 6) is 0. The van der Waals surface area contributed by atoms with Crippen molar-refractivity contribution in [1.29, 1.82) is 0 Å². The quantitative estimate of drug-likeness (QED) is 0.392. The number of thiol groups is 1. The molecule has 0 aromatic carbocycles. The molecule has 0 atom stereocenters. The van der Waals surface area contributed by atoms with Gasteiger partial charge in [0.25, 0.3) is 0 Å². The van der Waals surface area contributed by atoms with Crippen LogP contribution < -0.4 is 5.32 Å². The van der Waals surface area contributed by atoms with E-state index in [1.807, 2.05) is 0 Å². The standard InChI is InChI=1S/C8H19NOSSi/c1-12(2,3)7-9-6-4-5-8(10)11/h9H,4-7H2,1-3H3,(H,10,11). The molecule has 0 unspecified atom stereocenters. The van der Waals surface area contributed by atoms with Gasteiger partial charge < -0.3 is 5.32 Å². The van der Waals surface area contributed by atoms with Gasteiger partial charge in [-0.1, -0.05) is 19.6 Å². The lowest BCUT2D eigenvalue weighted by atomic mass is 10.3. The largest absolute Gasteiger partial charge is 0.319 e. The van der Waals surface area contributed by atoms with Gasteiger partial charge in [0.15, 0.2) is 5.12 Å². The monoisotopic (exact) mass is 205 g/mol. The molecule has 1 N–H and O–H groups in total. The zero-order valence-electron chi connectivity index (χ0n) is 8.18. The van der Waals surface area contributed by atoms with E-state index in [-0.39, 0.29) is 5.12 Å². The van der Waals surface area contributed by atoms with Crippen LogP contribution in [0.3, 0.4) is 0 Å². The number of hydrogen-bond acceptors (Lipinski definition) is 2. The highest BCUT2D eigenvalue weighted by molar-refractivity contribution is 7.96. The van der Waals surface area contributed by atoms with Crippen molar-refractivity contribution < 1.29 is 4.79 Å². The normalized spacial score (nSPS) is 11.7. The zero-order chi connectivity index (χ0) is 9.61. The molecule has 0 aliphatic carbocycles. The van der Waals surface area contributed by atoms with Crippen molar-refractivity contribution in [3.63, 3.8) is 0 Å². The van der Waals surface area contributed by atoms with Crippen molar-refractivity contribution in [2.24, 2.45) is 0 Å². The molecule has 0 saturated heterocycles. The Bertz CT molecular complexity index is 144. The maximum absolute atomic E-state index is 10.4. The van der Waals surface area contributed by atoms with Crippen LogP contribution in [0.1, 0.15) is 12.8 Å². The van der Waals surface area contributed by atoms with E-state index in [4.69, 9.17) is 0 Å². The van der Waals surface area contributed by atoms with Crippen LogP contribution in [-0.4, -0.2) is 25.9 Å². The van der Waals surface area contributed by atoms with E-state index in [2.05, 4.69) is 37.6 Å². The van der Waals surface area contributed by atoms with E-state index in [1.54, 1.807) is 0 Å². The lowest BCUT2D eigenvalue weighted by Gasteiger charge is -2.16. The van der Waals surface area contributed by atoms with Crippen LogP contribution in [0, 0.1) is 0 Å². The van der Waals surface area contributed by atoms with Crippen molar-refractivity contribution in [1.82, 2.24) is 5.32 Å². The summed E-state index contributed by atoms with van der Waals surface area (Å²) < 4.78 is 0. The third kappa shape index (κ3) is 10.2. The second-order valence-electron chi connectivity index (χ2n) is 4.23. The lowest BCUT2D eigenvalue weighted by Crippen LogP contribution is -2.37. The van der Waals surface area contributed by atoms with Gasteiger partial charge in [-0.25, -0.2) is 0 Å². The molecule has 0 amide bonds. The molecule has 12 heavy (non-hydrogen) atoms. The Labute approximate surface area is 81.5 Å². The Hall–Kier alpha value is 0.197. The average Bonchev–Trinajstić information content (AvgIpc) is 1.83. The van der Waals surface area contributed by atoms with Gasteiger partial charge in [-0.2, -0.15) is 0 Å². The summed E-state index contributed by atoms with van der Waals surface area (Å²) in [5, 5.41) is 3.35. The van der Waals surface area contributed by atoms with Gasteiger partial charge in [0.1, 0.15) is 0 Å². The first kappa shape index (κ1) is 12.2. The summed E-state index contributed by atoms with van der Waals surface area (Å²) in [7, 11) is -0.950. The molecule has 0 rings (SSSR count). The third-order valence-corrected chi connectivity index (χ3v) is 2.93. The number of hydrogen-bond donors (Lipinski definition) is 2. The Balaban J connectivity index is 3.17. The third-order valence-electron chi connectivity index (χ3n) is 1.40. The van der Waals surface area contributed by atoms with Gasteiger partial charge in [0.05, 0.1) is 8.07 Å². The molecule has 72 valence electrons. The molecular formula is C8H19NOSSi. The minimum Gasteiger partial charge on any atom is -0.319 e. The highest BCUT2D eigenvalue weighted by Gasteiger charge is 2.11. The molecule has 4 heteroatoms. The summed E-state index contributed by atoms with van der Waals surface area (Å²) >= 11 is 3.70. The first-order chi connectivity index (χ1) is 5.42. The van der Waals surface area contributed by atoms with Crippen molar-refractivity contribution in [2.75, 3.05) is 12.7 Å². The Morgan fingerprint density at radius 3 is 2.42 bits per heavy atom. The predicted molar refractivity (Wildman–Crippen MR) is 59.4 cm³/mol. The Morgan fingerprint density at radius 1 is 1.42 bits per heavy atom.